The maximum Gasteiger partial charge on any atom is 0.586 e. The van der Waals surface area contributed by atoms with E-state index in [0.717, 1.165) is 22.4 Å². The smallest absolute Gasteiger partial charge is 0.447 e. The van der Waals surface area contributed by atoms with Gasteiger partial charge in [0.2, 0.25) is 0 Å². The van der Waals surface area contributed by atoms with E-state index in [1.54, 1.807) is 32.0 Å². The van der Waals surface area contributed by atoms with Crippen LogP contribution in [0.1, 0.15) is 38.8 Å². The Balaban J connectivity index is 1.49. The van der Waals surface area contributed by atoms with Crippen molar-refractivity contribution in [3.05, 3.63) is 65.7 Å². The lowest BCUT2D eigenvalue weighted by molar-refractivity contribution is -0.286. The molecule has 0 spiro atoms. The number of amides is 1. The Bertz CT molecular complexity index is 1280. The zero-order chi connectivity index (χ0) is 26.1. The summed E-state index contributed by atoms with van der Waals surface area (Å²) in [5, 5.41) is 6.08. The van der Waals surface area contributed by atoms with Crippen LogP contribution in [0.2, 0.25) is 0 Å². The molecule has 0 radical (unpaired) electrons. The van der Waals surface area contributed by atoms with Gasteiger partial charge < -0.3 is 19.5 Å². The lowest BCUT2D eigenvalue weighted by Crippen LogP contribution is -2.28. The van der Waals surface area contributed by atoms with Crippen LogP contribution in [0.25, 0.3) is 11.3 Å². The lowest BCUT2D eigenvalue weighted by Gasteiger charge is -2.26. The number of hydrogen-bond acceptors (Lipinski definition) is 6. The molecule has 1 aliphatic heterocycles. The molecular formula is C27H29F2N3O4. The second-order valence-electron chi connectivity index (χ2n) is 9.59. The fourth-order valence-electron chi connectivity index (χ4n) is 3.81. The van der Waals surface area contributed by atoms with Gasteiger partial charge >= 0.3 is 12.4 Å². The fourth-order valence-corrected chi connectivity index (χ4v) is 3.81. The van der Waals surface area contributed by atoms with Crippen molar-refractivity contribution >= 4 is 17.6 Å². The summed E-state index contributed by atoms with van der Waals surface area (Å²) in [5.74, 6) is 0.701. The van der Waals surface area contributed by atoms with E-state index in [0.29, 0.717) is 18.1 Å². The van der Waals surface area contributed by atoms with Crippen LogP contribution in [0, 0.1) is 6.92 Å². The minimum Gasteiger partial charge on any atom is -0.447 e. The molecule has 0 aliphatic carbocycles. The summed E-state index contributed by atoms with van der Waals surface area (Å²) in [6.45, 7) is 10.0. The molecule has 1 aromatic heterocycles. The van der Waals surface area contributed by atoms with E-state index >= 15 is 0 Å². The van der Waals surface area contributed by atoms with Crippen LogP contribution in [-0.2, 0) is 10.2 Å². The fraction of sp³-hybridized carbons (Fsp3) is 0.333. The number of hydrogen-bond donors (Lipinski definition) is 2. The molecule has 0 saturated heterocycles. The Morgan fingerprint density at radius 3 is 2.58 bits per heavy atom. The molecule has 0 fully saturated rings. The van der Waals surface area contributed by atoms with E-state index in [1.807, 2.05) is 51.1 Å². The van der Waals surface area contributed by atoms with E-state index < -0.39 is 17.8 Å². The topological polar surface area (TPSA) is 81.7 Å². The Labute approximate surface area is 208 Å². The monoisotopic (exact) mass is 497 g/mol. The Morgan fingerprint density at radius 2 is 1.83 bits per heavy atom. The summed E-state index contributed by atoms with van der Waals surface area (Å²) < 4.78 is 41.0. The normalized spacial score (nSPS) is 14.0. The molecule has 0 unspecified atom stereocenters. The van der Waals surface area contributed by atoms with Crippen molar-refractivity contribution < 1.29 is 27.8 Å². The average Bonchev–Trinajstić information content (AvgIpc) is 3.11. The van der Waals surface area contributed by atoms with Crippen LogP contribution in [0.15, 0.2) is 54.6 Å². The molecule has 0 atom stereocenters. The van der Waals surface area contributed by atoms with E-state index in [2.05, 4.69) is 20.1 Å². The molecule has 0 bridgehead atoms. The van der Waals surface area contributed by atoms with Crippen molar-refractivity contribution in [3.8, 4) is 22.8 Å². The van der Waals surface area contributed by atoms with E-state index in [9.17, 15) is 13.6 Å². The van der Waals surface area contributed by atoms with Crippen LogP contribution in [0.5, 0.6) is 11.5 Å². The van der Waals surface area contributed by atoms with Gasteiger partial charge in [0.15, 0.2) is 11.5 Å². The molecule has 190 valence electrons. The summed E-state index contributed by atoms with van der Waals surface area (Å²) in [6.07, 6.45) is -4.38. The lowest BCUT2D eigenvalue weighted by atomic mass is 9.84. The molecular weight excluding hydrogens is 468 g/mol. The van der Waals surface area contributed by atoms with Gasteiger partial charge in [-0.25, -0.2) is 9.78 Å². The molecule has 4 rings (SSSR count). The summed E-state index contributed by atoms with van der Waals surface area (Å²) >= 11 is 0. The minimum absolute atomic E-state index is 0.0199. The number of halogens is 2. The summed E-state index contributed by atoms with van der Waals surface area (Å²) in [7, 11) is 0. The van der Waals surface area contributed by atoms with E-state index in [4.69, 9.17) is 9.72 Å². The quantitative estimate of drug-likeness (QED) is 0.377. The largest absolute Gasteiger partial charge is 0.586 e. The summed E-state index contributed by atoms with van der Waals surface area (Å²) in [4.78, 5) is 16.8. The number of pyridine rings is 1. The van der Waals surface area contributed by atoms with Crippen LogP contribution >= 0.6 is 0 Å². The van der Waals surface area contributed by atoms with Crippen molar-refractivity contribution in [1.29, 1.82) is 0 Å². The van der Waals surface area contributed by atoms with Gasteiger partial charge in [-0.2, -0.15) is 0 Å². The number of aryl methyl sites for hydroxylation is 1. The maximum atomic E-state index is 13.4. The first-order valence-corrected chi connectivity index (χ1v) is 11.6. The van der Waals surface area contributed by atoms with Gasteiger partial charge in [-0.1, -0.05) is 38.1 Å². The Hall–Kier alpha value is -3.88. The number of carbonyl (C=O) groups is 1. The third kappa shape index (κ3) is 5.84. The van der Waals surface area contributed by atoms with E-state index in [1.165, 1.54) is 6.07 Å². The Morgan fingerprint density at radius 1 is 1.08 bits per heavy atom. The third-order valence-electron chi connectivity index (χ3n) is 5.72. The van der Waals surface area contributed by atoms with Gasteiger partial charge in [0.05, 0.1) is 11.8 Å². The number of aromatic nitrogens is 1. The zero-order valence-electron chi connectivity index (χ0n) is 20.8. The number of carbonyl (C=O) groups excluding carboxylic acids is 1. The molecule has 2 N–H and O–H groups in total. The SMILES string of the molecule is Cc1ccc(NCC(C)(C)c2ccc3c(c2)OC(F)(F)O3)nc1-c1cccc(NC(=O)OC(C)C)c1. The van der Waals surface area contributed by atoms with E-state index in [-0.39, 0.29) is 17.6 Å². The zero-order valence-corrected chi connectivity index (χ0v) is 20.8. The van der Waals surface area contributed by atoms with Gasteiger partial charge in [-0.05, 0) is 62.2 Å². The highest BCUT2D eigenvalue weighted by Gasteiger charge is 2.43. The number of fused-ring (bicyclic) bond motifs is 1. The first-order chi connectivity index (χ1) is 16.9. The van der Waals surface area contributed by atoms with Crippen molar-refractivity contribution in [2.75, 3.05) is 17.2 Å². The number of alkyl halides is 2. The van der Waals surface area contributed by atoms with Crippen LogP contribution in [0.4, 0.5) is 25.1 Å². The third-order valence-corrected chi connectivity index (χ3v) is 5.72. The molecule has 1 aliphatic rings. The van der Waals surface area contributed by atoms with Gasteiger partial charge in [0.1, 0.15) is 5.82 Å². The number of nitrogens with one attached hydrogen (secondary N) is 2. The number of nitrogens with zero attached hydrogens (tertiary/aromatic N) is 1. The molecule has 3 aromatic rings. The molecule has 2 aromatic carbocycles. The molecule has 0 saturated carbocycles. The first kappa shape index (κ1) is 25.2. The van der Waals surface area contributed by atoms with Crippen molar-refractivity contribution in [2.45, 2.75) is 52.4 Å². The van der Waals surface area contributed by atoms with Crippen molar-refractivity contribution in [2.24, 2.45) is 0 Å². The molecule has 9 heteroatoms. The standard InChI is InChI=1S/C27H29F2N3O4/c1-16(2)34-25(33)31-20-8-6-7-18(13-20)24-17(3)9-12-23(32-24)30-15-26(4,5)19-10-11-21-22(14-19)36-27(28,29)35-21/h6-14,16H,15H2,1-5H3,(H,30,32)(H,31,33). The number of benzene rings is 2. The molecule has 36 heavy (non-hydrogen) atoms. The maximum absolute atomic E-state index is 13.4. The molecule has 1 amide bonds. The van der Waals surface area contributed by atoms with Gasteiger partial charge in [0, 0.05) is 23.2 Å². The summed E-state index contributed by atoms with van der Waals surface area (Å²) in [5.41, 5.74) is 3.57. The average molecular weight is 498 g/mol. The second-order valence-corrected chi connectivity index (χ2v) is 9.59. The first-order valence-electron chi connectivity index (χ1n) is 11.6. The van der Waals surface area contributed by atoms with Crippen molar-refractivity contribution in [1.82, 2.24) is 4.98 Å². The number of anilines is 2. The van der Waals surface area contributed by atoms with Gasteiger partial charge in [-0.3, -0.25) is 5.32 Å². The summed E-state index contributed by atoms with van der Waals surface area (Å²) in [6, 6.07) is 16.1. The highest BCUT2D eigenvalue weighted by molar-refractivity contribution is 5.86. The van der Waals surface area contributed by atoms with Crippen LogP contribution in [0.3, 0.4) is 0 Å². The van der Waals surface area contributed by atoms with Gasteiger partial charge in [0.25, 0.3) is 0 Å². The molecule has 7 nitrogen and oxygen atoms in total. The number of rotatable bonds is 7. The predicted molar refractivity (Wildman–Crippen MR) is 134 cm³/mol. The van der Waals surface area contributed by atoms with Gasteiger partial charge in [-0.15, -0.1) is 8.78 Å². The Kier molecular flexibility index (Phi) is 6.75. The minimum atomic E-state index is -3.65. The highest BCUT2D eigenvalue weighted by atomic mass is 19.3. The van der Waals surface area contributed by atoms with Crippen molar-refractivity contribution in [3.63, 3.8) is 0 Å². The molecule has 2 heterocycles. The predicted octanol–water partition coefficient (Wildman–Crippen LogP) is 6.73. The van der Waals surface area contributed by atoms with Crippen LogP contribution in [-0.4, -0.2) is 30.0 Å². The second kappa shape index (κ2) is 9.64. The van der Waals surface area contributed by atoms with Crippen LogP contribution < -0.4 is 20.1 Å². The number of ether oxygens (including phenoxy) is 3. The highest BCUT2D eigenvalue weighted by Crippen LogP contribution is 2.43.